The van der Waals surface area contributed by atoms with E-state index >= 15 is 0 Å². The minimum Gasteiger partial charge on any atom is -0.451 e. The Labute approximate surface area is 262 Å². The van der Waals surface area contributed by atoms with E-state index in [1.807, 2.05) is 29.2 Å². The van der Waals surface area contributed by atoms with Crippen molar-refractivity contribution in [2.24, 2.45) is 0 Å². The Kier molecular flexibility index (Phi) is 9.27. The zero-order chi connectivity index (χ0) is 30.5. The predicted molar refractivity (Wildman–Crippen MR) is 174 cm³/mol. The molecule has 2 heterocycles. The molecule has 0 radical (unpaired) electrons. The van der Waals surface area contributed by atoms with E-state index in [0.717, 1.165) is 50.6 Å². The molecule has 1 aliphatic carbocycles. The first-order valence-corrected chi connectivity index (χ1v) is 15.9. The monoisotopic (exact) mass is 608 g/mol. The fraction of sp³-hybridized carbons (Fsp3) is 0.324. The first-order valence-electron chi connectivity index (χ1n) is 15.6. The molecule has 0 bridgehead atoms. The topological polar surface area (TPSA) is 79.6 Å². The third kappa shape index (κ3) is 7.13. The maximum absolute atomic E-state index is 13.4. The predicted octanol–water partition coefficient (Wildman–Crippen LogP) is 7.58. The number of para-hydroxylation sites is 1. The van der Waals surface area contributed by atoms with E-state index in [1.54, 1.807) is 24.3 Å². The Morgan fingerprint density at radius 2 is 1.70 bits per heavy atom. The van der Waals surface area contributed by atoms with Gasteiger partial charge in [-0.2, -0.15) is 0 Å². The lowest BCUT2D eigenvalue weighted by molar-refractivity contribution is -0.133. The molecule has 0 spiro atoms. The molecule has 1 atom stereocenters. The van der Waals surface area contributed by atoms with Crippen LogP contribution in [-0.4, -0.2) is 29.3 Å². The summed E-state index contributed by atoms with van der Waals surface area (Å²) in [6.07, 6.45) is 9.37. The molecule has 2 amide bonds. The molecule has 1 saturated carbocycles. The van der Waals surface area contributed by atoms with Gasteiger partial charge in [0, 0.05) is 30.6 Å². The molecule has 3 aromatic carbocycles. The first-order chi connectivity index (χ1) is 21.4. The fourth-order valence-electron chi connectivity index (χ4n) is 6.54. The van der Waals surface area contributed by atoms with E-state index in [-0.39, 0.29) is 23.1 Å². The van der Waals surface area contributed by atoms with E-state index in [2.05, 4.69) is 35.7 Å². The third-order valence-corrected chi connectivity index (χ3v) is 9.14. The Morgan fingerprint density at radius 1 is 0.955 bits per heavy atom. The molecule has 0 unspecified atom stereocenters. The number of fused-ring (bicyclic) bond motifs is 1. The summed E-state index contributed by atoms with van der Waals surface area (Å²) >= 11 is 6.12. The van der Waals surface area contributed by atoms with Crippen molar-refractivity contribution in [1.29, 1.82) is 0 Å². The van der Waals surface area contributed by atoms with E-state index in [9.17, 15) is 14.4 Å². The van der Waals surface area contributed by atoms with Crippen molar-refractivity contribution < 1.29 is 14.0 Å². The number of likely N-dealkylation sites (tertiary alicyclic amines) is 1. The van der Waals surface area contributed by atoms with Gasteiger partial charge < -0.3 is 14.6 Å². The van der Waals surface area contributed by atoms with Crippen molar-refractivity contribution in [2.45, 2.75) is 69.9 Å². The standard InChI is InChI=1S/C37H37ClN2O4/c38-29-18-14-26(15-19-29)22-30(39-37(43)35-23-33(41)32-9-3-4-10-34(32)44-35)21-25-12-16-27(17-13-25)31-8-2-1-7-28(31)24-40-20-6-5-11-36(40)42/h1-4,7-10,14-15,18-19,21,23,27,30H,5-6,11-13,16-17,20,22,24H2,(H,39,43)/t27?,30-/m1/s1. The summed E-state index contributed by atoms with van der Waals surface area (Å²) in [5.74, 6) is 0.273. The van der Waals surface area contributed by atoms with Gasteiger partial charge in [-0.1, -0.05) is 71.8 Å². The van der Waals surface area contributed by atoms with Gasteiger partial charge in [-0.15, -0.1) is 0 Å². The largest absolute Gasteiger partial charge is 0.451 e. The van der Waals surface area contributed by atoms with E-state index in [0.29, 0.717) is 41.3 Å². The lowest BCUT2D eigenvalue weighted by atomic mass is 9.79. The van der Waals surface area contributed by atoms with E-state index < -0.39 is 5.91 Å². The molecule has 1 aromatic heterocycles. The van der Waals surface area contributed by atoms with Crippen LogP contribution in [0.1, 0.15) is 78.1 Å². The van der Waals surface area contributed by atoms with Crippen molar-refractivity contribution in [3.05, 3.63) is 128 Å². The summed E-state index contributed by atoms with van der Waals surface area (Å²) in [4.78, 5) is 40.5. The van der Waals surface area contributed by atoms with Crippen molar-refractivity contribution >= 4 is 34.4 Å². The number of rotatable bonds is 8. The van der Waals surface area contributed by atoms with Crippen LogP contribution < -0.4 is 10.7 Å². The number of carbonyl (C=O) groups excluding carboxylic acids is 2. The van der Waals surface area contributed by atoms with Crippen molar-refractivity contribution in [1.82, 2.24) is 10.2 Å². The lowest BCUT2D eigenvalue weighted by Crippen LogP contribution is -2.36. The Balaban J connectivity index is 1.18. The van der Waals surface area contributed by atoms with Gasteiger partial charge in [0.2, 0.25) is 5.91 Å². The summed E-state index contributed by atoms with van der Waals surface area (Å²) in [5, 5.41) is 4.23. The number of nitrogens with one attached hydrogen (secondary N) is 1. The van der Waals surface area contributed by atoms with Gasteiger partial charge >= 0.3 is 0 Å². The van der Waals surface area contributed by atoms with E-state index in [1.165, 1.54) is 22.8 Å². The highest BCUT2D eigenvalue weighted by molar-refractivity contribution is 6.30. The smallest absolute Gasteiger partial charge is 0.287 e. The third-order valence-electron chi connectivity index (χ3n) is 8.89. The molecule has 2 fully saturated rings. The van der Waals surface area contributed by atoms with Crippen LogP contribution in [0.25, 0.3) is 11.0 Å². The zero-order valence-corrected chi connectivity index (χ0v) is 25.5. The quantitative estimate of drug-likeness (QED) is 0.209. The van der Waals surface area contributed by atoms with Crippen molar-refractivity contribution in [3.8, 4) is 0 Å². The van der Waals surface area contributed by atoms with E-state index in [4.69, 9.17) is 16.0 Å². The van der Waals surface area contributed by atoms with Crippen molar-refractivity contribution in [3.63, 3.8) is 0 Å². The number of carbonyl (C=O) groups is 2. The fourth-order valence-corrected chi connectivity index (χ4v) is 6.67. The van der Waals surface area contributed by atoms with Gasteiger partial charge in [0.05, 0.1) is 11.4 Å². The number of hydrogen-bond donors (Lipinski definition) is 1. The second kappa shape index (κ2) is 13.6. The van der Waals surface area contributed by atoms with Gasteiger partial charge in [0.15, 0.2) is 11.2 Å². The maximum Gasteiger partial charge on any atom is 0.287 e. The number of nitrogens with zero attached hydrogens (tertiary/aromatic N) is 1. The molecule has 226 valence electrons. The first kappa shape index (κ1) is 29.9. The molecule has 1 N–H and O–H groups in total. The second-order valence-corrected chi connectivity index (χ2v) is 12.4. The van der Waals surface area contributed by atoms with Crippen LogP contribution in [-0.2, 0) is 17.8 Å². The summed E-state index contributed by atoms with van der Waals surface area (Å²) < 4.78 is 5.82. The van der Waals surface area contributed by atoms with Gasteiger partial charge in [-0.3, -0.25) is 14.4 Å². The van der Waals surface area contributed by atoms with Crippen molar-refractivity contribution in [2.75, 3.05) is 6.54 Å². The number of piperidine rings is 1. The molecule has 4 aromatic rings. The maximum atomic E-state index is 13.4. The molecule has 44 heavy (non-hydrogen) atoms. The van der Waals surface area contributed by atoms with Crippen LogP contribution in [0.2, 0.25) is 5.02 Å². The number of benzene rings is 3. The van der Waals surface area contributed by atoms with Crippen LogP contribution in [0, 0.1) is 0 Å². The summed E-state index contributed by atoms with van der Waals surface area (Å²) in [5.41, 5.74) is 5.11. The number of allylic oxidation sites excluding steroid dienone is 1. The average molecular weight is 609 g/mol. The van der Waals surface area contributed by atoms with Crippen LogP contribution in [0.4, 0.5) is 0 Å². The molecule has 6 rings (SSSR count). The highest BCUT2D eigenvalue weighted by Crippen LogP contribution is 2.37. The van der Waals surface area contributed by atoms with Crippen LogP contribution in [0.3, 0.4) is 0 Å². The lowest BCUT2D eigenvalue weighted by Gasteiger charge is -2.31. The van der Waals surface area contributed by atoms with Crippen LogP contribution in [0.15, 0.2) is 99.7 Å². The molecular formula is C37H37ClN2O4. The van der Waals surface area contributed by atoms with Gasteiger partial charge in [0.1, 0.15) is 5.58 Å². The zero-order valence-electron chi connectivity index (χ0n) is 24.8. The van der Waals surface area contributed by atoms with Crippen LogP contribution in [0.5, 0.6) is 0 Å². The molecule has 6 nitrogen and oxygen atoms in total. The minimum absolute atomic E-state index is 0.000656. The Bertz CT molecular complexity index is 1730. The van der Waals surface area contributed by atoms with Gasteiger partial charge in [-0.25, -0.2) is 0 Å². The van der Waals surface area contributed by atoms with Gasteiger partial charge in [0.25, 0.3) is 5.91 Å². The number of halogens is 1. The number of hydrogen-bond acceptors (Lipinski definition) is 4. The SMILES string of the molecule is O=C(N[C@H](C=C1CCC(c2ccccc2CN2CCCCC2=O)CC1)Cc1ccc(Cl)cc1)c1cc(=O)c2ccccc2o1. The summed E-state index contributed by atoms with van der Waals surface area (Å²) in [7, 11) is 0. The average Bonchev–Trinajstić information content (AvgIpc) is 3.04. The minimum atomic E-state index is -0.418. The molecular weight excluding hydrogens is 572 g/mol. The summed E-state index contributed by atoms with van der Waals surface area (Å²) in [6.45, 7) is 1.53. The molecule has 1 saturated heterocycles. The molecule has 2 aliphatic rings. The highest BCUT2D eigenvalue weighted by Gasteiger charge is 2.25. The molecule has 1 aliphatic heterocycles. The second-order valence-electron chi connectivity index (χ2n) is 12.0. The van der Waals surface area contributed by atoms with Gasteiger partial charge in [-0.05, 0) is 91.8 Å². The normalized spacial score (nSPS) is 17.8. The Morgan fingerprint density at radius 3 is 2.50 bits per heavy atom. The molecule has 7 heteroatoms. The number of amides is 2. The van der Waals surface area contributed by atoms with Crippen LogP contribution >= 0.6 is 11.6 Å². The Hall–Kier alpha value is -4.16. The summed E-state index contributed by atoms with van der Waals surface area (Å²) in [6, 6.07) is 24.1. The highest BCUT2D eigenvalue weighted by atomic mass is 35.5.